The van der Waals surface area contributed by atoms with Gasteiger partial charge in [0.15, 0.2) is 0 Å². The Hall–Kier alpha value is -0.160. The number of aliphatic hydroxyl groups is 1. The highest BCUT2D eigenvalue weighted by atomic mass is 16.5. The second-order valence-electron chi connectivity index (χ2n) is 5.20. The maximum atomic E-state index is 9.12. The third-order valence-electron chi connectivity index (χ3n) is 2.28. The number of aliphatic hydroxyl groups excluding tert-OH is 1. The zero-order valence-corrected chi connectivity index (χ0v) is 11.8. The first kappa shape index (κ1) is 16.8. The smallest absolute Gasteiger partial charge is 0.0707 e. The lowest BCUT2D eigenvalue weighted by molar-refractivity contribution is -0.0360. The standard InChI is InChI=1S/C13H29NO3/c1-5-7-14-12(11-15)6-8-16-9-10-17-13(2,3)4/h12,14-15H,5-11H2,1-4H3. The Balaban J connectivity index is 3.36. The molecule has 0 spiro atoms. The van der Waals surface area contributed by atoms with Gasteiger partial charge < -0.3 is 19.9 Å². The van der Waals surface area contributed by atoms with Gasteiger partial charge >= 0.3 is 0 Å². The fraction of sp³-hybridized carbons (Fsp3) is 1.00. The Morgan fingerprint density at radius 3 is 2.41 bits per heavy atom. The molecule has 0 aliphatic rings. The molecule has 0 aliphatic carbocycles. The SMILES string of the molecule is CCCNC(CO)CCOCCOC(C)(C)C. The summed E-state index contributed by atoms with van der Waals surface area (Å²) in [4.78, 5) is 0. The number of nitrogens with one attached hydrogen (secondary N) is 1. The second-order valence-corrected chi connectivity index (χ2v) is 5.20. The molecule has 0 fully saturated rings. The first-order valence-electron chi connectivity index (χ1n) is 6.55. The molecular formula is C13H29NO3. The van der Waals surface area contributed by atoms with Crippen LogP contribution in [0.3, 0.4) is 0 Å². The molecule has 1 atom stereocenters. The quantitative estimate of drug-likeness (QED) is 0.575. The van der Waals surface area contributed by atoms with Crippen LogP contribution in [0.25, 0.3) is 0 Å². The van der Waals surface area contributed by atoms with Crippen molar-refractivity contribution in [3.8, 4) is 0 Å². The minimum atomic E-state index is -0.0975. The van der Waals surface area contributed by atoms with E-state index >= 15 is 0 Å². The maximum absolute atomic E-state index is 9.12. The average molecular weight is 247 g/mol. The summed E-state index contributed by atoms with van der Waals surface area (Å²) in [5.41, 5.74) is -0.0975. The van der Waals surface area contributed by atoms with Gasteiger partial charge in [0, 0.05) is 12.6 Å². The topological polar surface area (TPSA) is 50.7 Å². The predicted octanol–water partition coefficient (Wildman–Crippen LogP) is 1.57. The lowest BCUT2D eigenvalue weighted by Crippen LogP contribution is -2.34. The summed E-state index contributed by atoms with van der Waals surface area (Å²) in [5, 5.41) is 12.4. The summed E-state index contributed by atoms with van der Waals surface area (Å²) >= 11 is 0. The third-order valence-corrected chi connectivity index (χ3v) is 2.28. The highest BCUT2D eigenvalue weighted by Gasteiger charge is 2.09. The van der Waals surface area contributed by atoms with Gasteiger partial charge in [0.05, 0.1) is 25.4 Å². The molecule has 0 rings (SSSR count). The van der Waals surface area contributed by atoms with Gasteiger partial charge in [-0.3, -0.25) is 0 Å². The van der Waals surface area contributed by atoms with Gasteiger partial charge in [-0.15, -0.1) is 0 Å². The monoisotopic (exact) mass is 247 g/mol. The van der Waals surface area contributed by atoms with Crippen molar-refractivity contribution >= 4 is 0 Å². The van der Waals surface area contributed by atoms with E-state index in [0.29, 0.717) is 19.8 Å². The largest absolute Gasteiger partial charge is 0.395 e. The van der Waals surface area contributed by atoms with Crippen LogP contribution in [0.5, 0.6) is 0 Å². The molecule has 0 amide bonds. The van der Waals surface area contributed by atoms with Gasteiger partial charge in [0.1, 0.15) is 0 Å². The molecule has 0 bridgehead atoms. The molecule has 0 aromatic heterocycles. The molecule has 0 saturated heterocycles. The zero-order valence-electron chi connectivity index (χ0n) is 11.8. The molecule has 4 heteroatoms. The molecule has 2 N–H and O–H groups in total. The Morgan fingerprint density at radius 1 is 1.18 bits per heavy atom. The molecule has 17 heavy (non-hydrogen) atoms. The van der Waals surface area contributed by atoms with E-state index in [1.165, 1.54) is 0 Å². The first-order valence-corrected chi connectivity index (χ1v) is 6.55. The van der Waals surface area contributed by atoms with Crippen LogP contribution < -0.4 is 5.32 Å². The van der Waals surface area contributed by atoms with Crippen molar-refractivity contribution in [3.63, 3.8) is 0 Å². The lowest BCUT2D eigenvalue weighted by Gasteiger charge is -2.20. The predicted molar refractivity (Wildman–Crippen MR) is 70.3 cm³/mol. The van der Waals surface area contributed by atoms with Gasteiger partial charge in [0.2, 0.25) is 0 Å². The minimum Gasteiger partial charge on any atom is -0.395 e. The molecule has 0 aromatic carbocycles. The van der Waals surface area contributed by atoms with Gasteiger partial charge in [-0.05, 0) is 40.2 Å². The normalized spacial score (nSPS) is 13.9. The number of hydrogen-bond acceptors (Lipinski definition) is 4. The van der Waals surface area contributed by atoms with Crippen LogP contribution in [0.1, 0.15) is 40.5 Å². The van der Waals surface area contributed by atoms with Crippen molar-refractivity contribution in [3.05, 3.63) is 0 Å². The van der Waals surface area contributed by atoms with Crippen LogP contribution >= 0.6 is 0 Å². The summed E-state index contributed by atoms with van der Waals surface area (Å²) in [6.45, 7) is 11.2. The second kappa shape index (κ2) is 9.83. The molecule has 0 heterocycles. The Morgan fingerprint density at radius 2 is 1.88 bits per heavy atom. The average Bonchev–Trinajstić information content (AvgIpc) is 2.25. The van der Waals surface area contributed by atoms with Crippen LogP contribution in [0.15, 0.2) is 0 Å². The molecular weight excluding hydrogens is 218 g/mol. The summed E-state index contributed by atoms with van der Waals surface area (Å²) in [6.07, 6.45) is 1.92. The fourth-order valence-corrected chi connectivity index (χ4v) is 1.34. The van der Waals surface area contributed by atoms with Gasteiger partial charge in [0.25, 0.3) is 0 Å². The van der Waals surface area contributed by atoms with Crippen LogP contribution in [0.4, 0.5) is 0 Å². The van der Waals surface area contributed by atoms with Crippen LogP contribution in [-0.2, 0) is 9.47 Å². The summed E-state index contributed by atoms with van der Waals surface area (Å²) in [5.74, 6) is 0. The van der Waals surface area contributed by atoms with Crippen molar-refractivity contribution in [2.24, 2.45) is 0 Å². The first-order chi connectivity index (χ1) is 7.99. The number of hydrogen-bond donors (Lipinski definition) is 2. The van der Waals surface area contributed by atoms with E-state index in [9.17, 15) is 0 Å². The summed E-state index contributed by atoms with van der Waals surface area (Å²) < 4.78 is 11.0. The van der Waals surface area contributed by atoms with Crippen LogP contribution in [-0.4, -0.2) is 49.7 Å². The van der Waals surface area contributed by atoms with E-state index in [1.54, 1.807) is 0 Å². The van der Waals surface area contributed by atoms with E-state index in [0.717, 1.165) is 19.4 Å². The highest BCUT2D eigenvalue weighted by molar-refractivity contribution is 4.64. The third kappa shape index (κ3) is 12.1. The summed E-state index contributed by atoms with van der Waals surface area (Å²) in [7, 11) is 0. The van der Waals surface area contributed by atoms with Crippen molar-refractivity contribution in [1.29, 1.82) is 0 Å². The van der Waals surface area contributed by atoms with Gasteiger partial charge in [-0.25, -0.2) is 0 Å². The van der Waals surface area contributed by atoms with Crippen LogP contribution in [0, 0.1) is 0 Å². The molecule has 4 nitrogen and oxygen atoms in total. The van der Waals surface area contributed by atoms with E-state index in [-0.39, 0.29) is 18.2 Å². The number of rotatable bonds is 10. The molecule has 1 unspecified atom stereocenters. The van der Waals surface area contributed by atoms with E-state index < -0.39 is 0 Å². The Kier molecular flexibility index (Phi) is 9.74. The lowest BCUT2D eigenvalue weighted by atomic mass is 10.2. The highest BCUT2D eigenvalue weighted by Crippen LogP contribution is 2.05. The van der Waals surface area contributed by atoms with E-state index in [2.05, 4.69) is 12.2 Å². The molecule has 104 valence electrons. The Labute approximate surface area is 106 Å². The minimum absolute atomic E-state index is 0.0975. The fourth-order valence-electron chi connectivity index (χ4n) is 1.34. The van der Waals surface area contributed by atoms with Gasteiger partial charge in [-0.2, -0.15) is 0 Å². The van der Waals surface area contributed by atoms with Crippen molar-refractivity contribution in [2.45, 2.75) is 52.2 Å². The van der Waals surface area contributed by atoms with Crippen LogP contribution in [0.2, 0.25) is 0 Å². The van der Waals surface area contributed by atoms with Crippen molar-refractivity contribution in [2.75, 3.05) is 33.0 Å². The van der Waals surface area contributed by atoms with E-state index in [1.807, 2.05) is 20.8 Å². The zero-order chi connectivity index (χ0) is 13.1. The Bertz CT molecular complexity index is 169. The molecule has 0 aromatic rings. The van der Waals surface area contributed by atoms with Crippen molar-refractivity contribution in [1.82, 2.24) is 5.32 Å². The molecule has 0 aliphatic heterocycles. The van der Waals surface area contributed by atoms with E-state index in [4.69, 9.17) is 14.6 Å². The number of ether oxygens (including phenoxy) is 2. The molecule has 0 radical (unpaired) electrons. The van der Waals surface area contributed by atoms with Crippen molar-refractivity contribution < 1.29 is 14.6 Å². The summed E-state index contributed by atoms with van der Waals surface area (Å²) in [6, 6.07) is 0.151. The maximum Gasteiger partial charge on any atom is 0.0707 e. The molecule has 0 saturated carbocycles. The van der Waals surface area contributed by atoms with Gasteiger partial charge in [-0.1, -0.05) is 6.92 Å².